The number of nitro groups is 2. The lowest BCUT2D eigenvalue weighted by Gasteiger charge is -2.06. The predicted molar refractivity (Wildman–Crippen MR) is 52.6 cm³/mol. The van der Waals surface area contributed by atoms with Crippen molar-refractivity contribution in [1.82, 2.24) is 0 Å². The van der Waals surface area contributed by atoms with Gasteiger partial charge < -0.3 is 10.2 Å². The highest BCUT2D eigenvalue weighted by molar-refractivity contribution is 5.72. The van der Waals surface area contributed by atoms with Crippen molar-refractivity contribution in [2.24, 2.45) is 0 Å². The highest BCUT2D eigenvalue weighted by atomic mass is 16.6. The van der Waals surface area contributed by atoms with Gasteiger partial charge in [0.05, 0.1) is 9.85 Å². The summed E-state index contributed by atoms with van der Waals surface area (Å²) < 4.78 is 0. The maximum atomic E-state index is 10.6. The van der Waals surface area contributed by atoms with Crippen molar-refractivity contribution in [1.29, 1.82) is 0 Å². The second-order valence-corrected chi connectivity index (χ2v) is 3.16. The van der Waals surface area contributed by atoms with Gasteiger partial charge in [0.1, 0.15) is 0 Å². The summed E-state index contributed by atoms with van der Waals surface area (Å²) in [6.45, 7) is 2.58. The lowest BCUT2D eigenvalue weighted by Crippen LogP contribution is -1.99. The molecule has 0 radical (unpaired) electrons. The molecule has 0 bridgehead atoms. The zero-order chi connectivity index (χ0) is 12.6. The second kappa shape index (κ2) is 3.65. The van der Waals surface area contributed by atoms with Crippen molar-refractivity contribution >= 4 is 11.4 Å². The number of nitro benzene ring substituents is 2. The van der Waals surface area contributed by atoms with Crippen LogP contribution in [0.25, 0.3) is 0 Å². The molecule has 0 heterocycles. The van der Waals surface area contributed by atoms with Crippen LogP contribution in [0.3, 0.4) is 0 Å². The van der Waals surface area contributed by atoms with Crippen LogP contribution in [0, 0.1) is 34.1 Å². The van der Waals surface area contributed by atoms with Gasteiger partial charge in [0.2, 0.25) is 5.75 Å². The first-order valence-corrected chi connectivity index (χ1v) is 4.12. The summed E-state index contributed by atoms with van der Waals surface area (Å²) in [5, 5.41) is 40.0. The zero-order valence-corrected chi connectivity index (χ0v) is 8.42. The normalized spacial score (nSPS) is 10.1. The molecule has 0 amide bonds. The van der Waals surface area contributed by atoms with E-state index < -0.39 is 32.7 Å². The minimum absolute atomic E-state index is 0.00352. The van der Waals surface area contributed by atoms with E-state index in [1.807, 2.05) is 0 Å². The quantitative estimate of drug-likeness (QED) is 0.583. The highest BCUT2D eigenvalue weighted by Crippen LogP contribution is 2.46. The van der Waals surface area contributed by atoms with Gasteiger partial charge in [0.15, 0.2) is 0 Å². The fourth-order valence-electron chi connectivity index (χ4n) is 1.33. The van der Waals surface area contributed by atoms with Gasteiger partial charge in [0.25, 0.3) is 5.75 Å². The van der Waals surface area contributed by atoms with Crippen molar-refractivity contribution in [3.63, 3.8) is 0 Å². The Hall–Kier alpha value is -2.38. The van der Waals surface area contributed by atoms with E-state index in [0.29, 0.717) is 0 Å². The zero-order valence-electron chi connectivity index (χ0n) is 8.42. The van der Waals surface area contributed by atoms with Crippen LogP contribution < -0.4 is 0 Å². The van der Waals surface area contributed by atoms with Crippen molar-refractivity contribution < 1.29 is 20.1 Å². The average molecular weight is 228 g/mol. The fourth-order valence-corrected chi connectivity index (χ4v) is 1.33. The molecule has 1 aromatic carbocycles. The van der Waals surface area contributed by atoms with Crippen LogP contribution >= 0.6 is 0 Å². The Bertz CT molecular complexity index is 455. The van der Waals surface area contributed by atoms with Gasteiger partial charge in [-0.15, -0.1) is 0 Å². The van der Waals surface area contributed by atoms with Crippen LogP contribution in [0.4, 0.5) is 11.4 Å². The Balaban J connectivity index is 3.80. The molecule has 16 heavy (non-hydrogen) atoms. The fraction of sp³-hybridized carbons (Fsp3) is 0.250. The maximum absolute atomic E-state index is 10.6. The Morgan fingerprint density at radius 1 is 0.875 bits per heavy atom. The Morgan fingerprint density at radius 3 is 1.69 bits per heavy atom. The third-order valence-corrected chi connectivity index (χ3v) is 2.31. The molecular weight excluding hydrogens is 220 g/mol. The molecule has 86 valence electrons. The lowest BCUT2D eigenvalue weighted by atomic mass is 10.0. The third kappa shape index (κ3) is 1.49. The van der Waals surface area contributed by atoms with E-state index >= 15 is 0 Å². The second-order valence-electron chi connectivity index (χ2n) is 3.16. The topological polar surface area (TPSA) is 127 Å². The monoisotopic (exact) mass is 228 g/mol. The van der Waals surface area contributed by atoms with E-state index in [9.17, 15) is 30.4 Å². The largest absolute Gasteiger partial charge is 0.502 e. The first-order valence-electron chi connectivity index (χ1n) is 4.12. The van der Waals surface area contributed by atoms with Crippen molar-refractivity contribution in [2.75, 3.05) is 0 Å². The SMILES string of the molecule is Cc1c(C)c([N+](=O)[O-])c(O)c([N+](=O)[O-])c1O. The molecular formula is C8H8N2O6. The molecule has 0 spiro atoms. The number of phenols is 2. The van der Waals surface area contributed by atoms with Crippen LogP contribution in [0.5, 0.6) is 11.5 Å². The first kappa shape index (κ1) is 11.7. The van der Waals surface area contributed by atoms with E-state index in [1.54, 1.807) is 0 Å². The van der Waals surface area contributed by atoms with Gasteiger partial charge in [-0.2, -0.15) is 0 Å². The number of aromatic hydroxyl groups is 2. The summed E-state index contributed by atoms with van der Waals surface area (Å²) in [6, 6.07) is 0. The van der Waals surface area contributed by atoms with E-state index in [4.69, 9.17) is 0 Å². The average Bonchev–Trinajstić information content (AvgIpc) is 2.13. The first-order chi connectivity index (χ1) is 7.29. The molecule has 1 rings (SSSR count). The molecule has 0 saturated heterocycles. The molecule has 0 atom stereocenters. The van der Waals surface area contributed by atoms with E-state index in [1.165, 1.54) is 13.8 Å². The summed E-state index contributed by atoms with van der Waals surface area (Å²) in [6.07, 6.45) is 0. The molecule has 0 aliphatic heterocycles. The summed E-state index contributed by atoms with van der Waals surface area (Å²) in [5.74, 6) is -1.89. The van der Waals surface area contributed by atoms with Crippen molar-refractivity contribution in [2.45, 2.75) is 13.8 Å². The lowest BCUT2D eigenvalue weighted by molar-refractivity contribution is -0.397. The Kier molecular flexibility index (Phi) is 2.66. The van der Waals surface area contributed by atoms with Crippen LogP contribution in [-0.4, -0.2) is 20.1 Å². The number of nitrogens with zero attached hydrogens (tertiary/aromatic N) is 2. The molecule has 0 aliphatic carbocycles. The molecule has 0 saturated carbocycles. The molecule has 8 heteroatoms. The number of hydrogen-bond acceptors (Lipinski definition) is 6. The number of hydrogen-bond donors (Lipinski definition) is 2. The van der Waals surface area contributed by atoms with Crippen LogP contribution in [-0.2, 0) is 0 Å². The Labute approximate surface area is 89.1 Å². The summed E-state index contributed by atoms with van der Waals surface area (Å²) in [5.41, 5.74) is -1.82. The van der Waals surface area contributed by atoms with Crippen molar-refractivity contribution in [3.8, 4) is 11.5 Å². The van der Waals surface area contributed by atoms with E-state index in [0.717, 1.165) is 0 Å². The smallest absolute Gasteiger partial charge is 0.359 e. The molecule has 0 aliphatic rings. The van der Waals surface area contributed by atoms with Gasteiger partial charge in [-0.3, -0.25) is 20.2 Å². The molecule has 0 fully saturated rings. The number of rotatable bonds is 2. The van der Waals surface area contributed by atoms with Crippen molar-refractivity contribution in [3.05, 3.63) is 31.4 Å². The van der Waals surface area contributed by atoms with Crippen LogP contribution in [0.2, 0.25) is 0 Å². The molecule has 8 nitrogen and oxygen atoms in total. The maximum Gasteiger partial charge on any atom is 0.359 e. The van der Waals surface area contributed by atoms with E-state index in [2.05, 4.69) is 0 Å². The third-order valence-electron chi connectivity index (χ3n) is 2.31. The molecule has 2 N–H and O–H groups in total. The summed E-state index contributed by atoms with van der Waals surface area (Å²) in [4.78, 5) is 19.2. The van der Waals surface area contributed by atoms with Gasteiger partial charge in [-0.25, -0.2) is 0 Å². The summed E-state index contributed by atoms with van der Waals surface area (Å²) in [7, 11) is 0. The minimum Gasteiger partial charge on any atom is -0.502 e. The predicted octanol–water partition coefficient (Wildman–Crippen LogP) is 1.53. The summed E-state index contributed by atoms with van der Waals surface area (Å²) >= 11 is 0. The Morgan fingerprint density at radius 2 is 1.31 bits per heavy atom. The van der Waals surface area contributed by atoms with E-state index in [-0.39, 0.29) is 11.1 Å². The molecule has 0 unspecified atom stereocenters. The number of phenolic OH excluding ortho intramolecular Hbond substituents is 2. The van der Waals surface area contributed by atoms with Crippen LogP contribution in [0.1, 0.15) is 11.1 Å². The van der Waals surface area contributed by atoms with Gasteiger partial charge in [0, 0.05) is 11.1 Å². The van der Waals surface area contributed by atoms with Gasteiger partial charge >= 0.3 is 11.4 Å². The van der Waals surface area contributed by atoms with Gasteiger partial charge in [-0.05, 0) is 13.8 Å². The standard InChI is InChI=1S/C8H8N2O6/c1-3-4(2)7(11)6(10(15)16)8(12)5(3)9(13)14/h11-12H,1-2H3. The highest BCUT2D eigenvalue weighted by Gasteiger charge is 2.33. The molecule has 0 aromatic heterocycles. The number of benzene rings is 1. The minimum atomic E-state index is -1.13. The molecule has 1 aromatic rings. The van der Waals surface area contributed by atoms with Crippen LogP contribution in [0.15, 0.2) is 0 Å². The van der Waals surface area contributed by atoms with Gasteiger partial charge in [-0.1, -0.05) is 0 Å².